The molecule has 36 heavy (non-hydrogen) atoms. The number of imidazole rings is 1. The number of rotatable bonds is 9. The zero-order valence-corrected chi connectivity index (χ0v) is 19.8. The summed E-state index contributed by atoms with van der Waals surface area (Å²) in [4.78, 5) is 20.1. The van der Waals surface area contributed by atoms with Crippen LogP contribution >= 0.6 is 0 Å². The summed E-state index contributed by atoms with van der Waals surface area (Å²) < 4.78 is 1.91. The zero-order valence-electron chi connectivity index (χ0n) is 19.8. The Hall–Kier alpha value is -4.22. The number of anilines is 4. The highest BCUT2D eigenvalue weighted by Gasteiger charge is 2.14. The Kier molecular flexibility index (Phi) is 7.20. The standard InChI is InChI=1S/C25H29N9O2/c35-34(36)21-8-9-23(29-16-21)27-10-11-28-25-30-17-22(33-15-12-26-18-33)24(31-25)19-4-6-20(7-5-19)32-13-2-1-3-14-32/h4-9,12,15-18,35-36H,1-3,10-11,13-14H2,(H,27,29)(H,28,30,31). The molecule has 4 N–H and O–H groups in total. The Morgan fingerprint density at radius 1 is 0.889 bits per heavy atom. The van der Waals surface area contributed by atoms with E-state index in [0.29, 0.717) is 24.9 Å². The van der Waals surface area contributed by atoms with Crippen LogP contribution < -0.4 is 20.8 Å². The van der Waals surface area contributed by atoms with Crippen LogP contribution in [0.1, 0.15) is 19.3 Å². The molecule has 1 saturated heterocycles. The second-order valence-corrected chi connectivity index (χ2v) is 8.54. The van der Waals surface area contributed by atoms with Crippen LogP contribution in [0.2, 0.25) is 0 Å². The summed E-state index contributed by atoms with van der Waals surface area (Å²) in [5.41, 5.74) is 4.11. The van der Waals surface area contributed by atoms with Gasteiger partial charge >= 0.3 is 0 Å². The summed E-state index contributed by atoms with van der Waals surface area (Å²) in [6.45, 7) is 3.35. The predicted molar refractivity (Wildman–Crippen MR) is 138 cm³/mol. The first-order valence-corrected chi connectivity index (χ1v) is 12.0. The van der Waals surface area contributed by atoms with Crippen LogP contribution in [0.5, 0.6) is 0 Å². The van der Waals surface area contributed by atoms with Gasteiger partial charge in [0.15, 0.2) is 0 Å². The lowest BCUT2D eigenvalue weighted by Gasteiger charge is -2.28. The number of nitrogens with one attached hydrogen (secondary N) is 2. The molecule has 0 aliphatic carbocycles. The molecule has 0 unspecified atom stereocenters. The van der Waals surface area contributed by atoms with Crippen LogP contribution in [-0.2, 0) is 0 Å². The number of hydrogen-bond donors (Lipinski definition) is 4. The van der Waals surface area contributed by atoms with E-state index < -0.39 is 0 Å². The third kappa shape index (κ3) is 5.53. The van der Waals surface area contributed by atoms with E-state index in [9.17, 15) is 0 Å². The minimum absolute atomic E-state index is 0.0297. The number of piperidine rings is 1. The molecule has 0 atom stereocenters. The van der Waals surface area contributed by atoms with Crippen molar-refractivity contribution in [3.63, 3.8) is 0 Å². The molecule has 186 valence electrons. The molecule has 0 bridgehead atoms. The van der Waals surface area contributed by atoms with E-state index in [4.69, 9.17) is 15.4 Å². The van der Waals surface area contributed by atoms with Crippen molar-refractivity contribution >= 4 is 23.1 Å². The molecule has 4 aromatic rings. The van der Waals surface area contributed by atoms with Gasteiger partial charge in [0.2, 0.25) is 5.95 Å². The van der Waals surface area contributed by atoms with Crippen LogP contribution in [0.25, 0.3) is 16.9 Å². The number of pyridine rings is 1. The van der Waals surface area contributed by atoms with E-state index in [-0.39, 0.29) is 10.9 Å². The maximum atomic E-state index is 9.01. The van der Waals surface area contributed by atoms with Gasteiger partial charge in [0.05, 0.1) is 30.1 Å². The summed E-state index contributed by atoms with van der Waals surface area (Å²) >= 11 is 0. The van der Waals surface area contributed by atoms with E-state index >= 15 is 0 Å². The van der Waals surface area contributed by atoms with Crippen LogP contribution in [0.15, 0.2) is 67.5 Å². The maximum absolute atomic E-state index is 9.01. The summed E-state index contributed by atoms with van der Waals surface area (Å²) in [6.07, 6.45) is 12.3. The number of hydrogen-bond acceptors (Lipinski definition) is 10. The Labute approximate surface area is 209 Å². The highest BCUT2D eigenvalue weighted by Crippen LogP contribution is 2.28. The van der Waals surface area contributed by atoms with E-state index in [0.717, 1.165) is 30.0 Å². The van der Waals surface area contributed by atoms with Gasteiger partial charge in [-0.1, -0.05) is 12.1 Å². The molecular weight excluding hydrogens is 458 g/mol. The summed E-state index contributed by atoms with van der Waals surface area (Å²) in [7, 11) is 0. The molecule has 4 heterocycles. The van der Waals surface area contributed by atoms with Gasteiger partial charge in [0.1, 0.15) is 11.5 Å². The fourth-order valence-corrected chi connectivity index (χ4v) is 4.22. The summed E-state index contributed by atoms with van der Waals surface area (Å²) in [6, 6.07) is 11.8. The Bertz CT molecular complexity index is 1240. The number of aromatic nitrogens is 5. The van der Waals surface area contributed by atoms with Gasteiger partial charge in [-0.15, -0.1) is 5.23 Å². The number of benzene rings is 1. The highest BCUT2D eigenvalue weighted by molar-refractivity contribution is 5.71. The van der Waals surface area contributed by atoms with E-state index in [1.54, 1.807) is 30.9 Å². The first-order valence-electron chi connectivity index (χ1n) is 12.0. The average molecular weight is 488 g/mol. The molecule has 1 aliphatic rings. The van der Waals surface area contributed by atoms with Gasteiger partial charge < -0.3 is 20.1 Å². The fourth-order valence-electron chi connectivity index (χ4n) is 4.22. The molecule has 3 aromatic heterocycles. The van der Waals surface area contributed by atoms with Crippen molar-refractivity contribution < 1.29 is 10.4 Å². The SMILES string of the molecule is ON(O)c1ccc(NCCNc2ncc(-n3ccnc3)c(-c3ccc(N4CCCCC4)cc3)n2)nc1. The third-order valence-electron chi connectivity index (χ3n) is 6.11. The minimum Gasteiger partial charge on any atom is -0.372 e. The monoisotopic (exact) mass is 487 g/mol. The van der Waals surface area contributed by atoms with Crippen LogP contribution in [0.3, 0.4) is 0 Å². The van der Waals surface area contributed by atoms with E-state index in [1.807, 2.05) is 10.8 Å². The second kappa shape index (κ2) is 11.0. The molecule has 11 heteroatoms. The lowest BCUT2D eigenvalue weighted by molar-refractivity contribution is 0.0290. The van der Waals surface area contributed by atoms with Crippen molar-refractivity contribution in [2.24, 2.45) is 0 Å². The van der Waals surface area contributed by atoms with Crippen molar-refractivity contribution in [3.05, 3.63) is 67.5 Å². The van der Waals surface area contributed by atoms with Crippen molar-refractivity contribution in [2.75, 3.05) is 46.9 Å². The third-order valence-corrected chi connectivity index (χ3v) is 6.11. The predicted octanol–water partition coefficient (Wildman–Crippen LogP) is 3.82. The van der Waals surface area contributed by atoms with Gasteiger partial charge in [0.25, 0.3) is 0 Å². The van der Waals surface area contributed by atoms with Gasteiger partial charge in [0, 0.05) is 49.8 Å². The van der Waals surface area contributed by atoms with Crippen molar-refractivity contribution in [2.45, 2.75) is 19.3 Å². The normalized spacial score (nSPS) is 13.4. The maximum Gasteiger partial charge on any atom is 0.223 e. The highest BCUT2D eigenvalue weighted by atomic mass is 16.8. The van der Waals surface area contributed by atoms with Gasteiger partial charge in [-0.2, -0.15) is 0 Å². The molecule has 11 nitrogen and oxygen atoms in total. The zero-order chi connectivity index (χ0) is 24.7. The molecule has 1 aliphatic heterocycles. The van der Waals surface area contributed by atoms with E-state index in [1.165, 1.54) is 31.1 Å². The van der Waals surface area contributed by atoms with Crippen LogP contribution in [0.4, 0.5) is 23.1 Å². The van der Waals surface area contributed by atoms with Gasteiger partial charge in [-0.05, 0) is 43.5 Å². The molecule has 1 aromatic carbocycles. The summed E-state index contributed by atoms with van der Waals surface area (Å²) in [5, 5.41) is 24.5. The molecule has 0 amide bonds. The second-order valence-electron chi connectivity index (χ2n) is 8.54. The van der Waals surface area contributed by atoms with Gasteiger partial charge in [-0.25, -0.2) is 19.9 Å². The minimum atomic E-state index is 0.0297. The van der Waals surface area contributed by atoms with Crippen molar-refractivity contribution in [1.29, 1.82) is 0 Å². The lowest BCUT2D eigenvalue weighted by Crippen LogP contribution is -2.29. The Morgan fingerprint density at radius 3 is 2.39 bits per heavy atom. The smallest absolute Gasteiger partial charge is 0.223 e. The van der Waals surface area contributed by atoms with Gasteiger partial charge in [-0.3, -0.25) is 10.4 Å². The molecule has 1 fully saturated rings. The summed E-state index contributed by atoms with van der Waals surface area (Å²) in [5.74, 6) is 1.14. The largest absolute Gasteiger partial charge is 0.372 e. The van der Waals surface area contributed by atoms with Crippen LogP contribution in [0, 0.1) is 0 Å². The lowest BCUT2D eigenvalue weighted by atomic mass is 10.1. The van der Waals surface area contributed by atoms with Crippen LogP contribution in [-0.4, -0.2) is 61.1 Å². The molecule has 0 radical (unpaired) electrons. The topological polar surface area (TPSA) is 127 Å². The molecular formula is C25H29N9O2. The first kappa shape index (κ1) is 23.5. The molecule has 0 saturated carbocycles. The van der Waals surface area contributed by atoms with Crippen molar-refractivity contribution in [1.82, 2.24) is 24.5 Å². The van der Waals surface area contributed by atoms with E-state index in [2.05, 4.69) is 54.8 Å². The Morgan fingerprint density at radius 2 is 1.69 bits per heavy atom. The fraction of sp³-hybridized carbons (Fsp3) is 0.280. The Balaban J connectivity index is 1.28. The average Bonchev–Trinajstić information content (AvgIpc) is 3.47. The molecule has 0 spiro atoms. The molecule has 5 rings (SSSR count). The quantitative estimate of drug-likeness (QED) is 0.204. The van der Waals surface area contributed by atoms with Crippen molar-refractivity contribution in [3.8, 4) is 16.9 Å². The first-order chi connectivity index (χ1) is 17.7. The number of nitrogens with zero attached hydrogens (tertiary/aromatic N) is 7.